The van der Waals surface area contributed by atoms with E-state index >= 15 is 0 Å². The van der Waals surface area contributed by atoms with Crippen LogP contribution in [0.4, 0.5) is 0 Å². The molecule has 1 aliphatic carbocycles. The Labute approximate surface area is 114 Å². The van der Waals surface area contributed by atoms with Crippen LogP contribution in [-0.4, -0.2) is 6.04 Å². The van der Waals surface area contributed by atoms with Crippen LogP contribution in [0.3, 0.4) is 0 Å². The Balaban J connectivity index is 1.84. The van der Waals surface area contributed by atoms with Crippen molar-refractivity contribution in [1.29, 1.82) is 5.26 Å². The first-order valence-corrected chi connectivity index (χ1v) is 7.87. The summed E-state index contributed by atoms with van der Waals surface area (Å²) in [5.74, 6) is 0.860. The van der Waals surface area contributed by atoms with Crippen molar-refractivity contribution in [3.05, 3.63) is 21.9 Å². The molecule has 0 radical (unpaired) electrons. The Morgan fingerprint density at radius 3 is 2.78 bits per heavy atom. The van der Waals surface area contributed by atoms with Gasteiger partial charge in [0.25, 0.3) is 0 Å². The van der Waals surface area contributed by atoms with Gasteiger partial charge >= 0.3 is 0 Å². The molecule has 1 heterocycles. The summed E-state index contributed by atoms with van der Waals surface area (Å²) < 4.78 is 0. The molecule has 0 saturated heterocycles. The van der Waals surface area contributed by atoms with E-state index in [0.29, 0.717) is 6.04 Å². The minimum atomic E-state index is 0.651. The summed E-state index contributed by atoms with van der Waals surface area (Å²) in [6, 6.07) is 6.85. The van der Waals surface area contributed by atoms with Crippen LogP contribution in [0.25, 0.3) is 0 Å². The standard InChI is InChI=1S/C15H22N2S/c1-2-15(12-6-4-3-5-7-12)17-11-14-9-8-13(10-16)18-14/h8-9,12,15,17H,2-7,11H2,1H3. The van der Waals surface area contributed by atoms with Crippen molar-refractivity contribution < 1.29 is 0 Å². The number of thiophene rings is 1. The molecule has 3 heteroatoms. The Morgan fingerprint density at radius 1 is 1.39 bits per heavy atom. The zero-order valence-electron chi connectivity index (χ0n) is 11.1. The van der Waals surface area contributed by atoms with E-state index < -0.39 is 0 Å². The topological polar surface area (TPSA) is 35.8 Å². The van der Waals surface area contributed by atoms with E-state index in [4.69, 9.17) is 5.26 Å². The van der Waals surface area contributed by atoms with Gasteiger partial charge in [-0.3, -0.25) is 0 Å². The van der Waals surface area contributed by atoms with Crippen LogP contribution in [0.2, 0.25) is 0 Å². The van der Waals surface area contributed by atoms with Gasteiger partial charge in [-0.05, 0) is 37.3 Å². The second-order valence-corrected chi connectivity index (χ2v) is 6.34. The highest BCUT2D eigenvalue weighted by Gasteiger charge is 2.21. The highest BCUT2D eigenvalue weighted by atomic mass is 32.1. The summed E-state index contributed by atoms with van der Waals surface area (Å²) in [5.41, 5.74) is 0. The molecular formula is C15H22N2S. The zero-order chi connectivity index (χ0) is 12.8. The van der Waals surface area contributed by atoms with Crippen LogP contribution in [-0.2, 0) is 6.54 Å². The third kappa shape index (κ3) is 3.57. The third-order valence-electron chi connectivity index (χ3n) is 3.97. The van der Waals surface area contributed by atoms with E-state index in [9.17, 15) is 0 Å². The molecule has 1 saturated carbocycles. The number of nitrogens with zero attached hydrogens (tertiary/aromatic N) is 1. The first kappa shape index (κ1) is 13.6. The Hall–Kier alpha value is -0.850. The molecule has 0 spiro atoms. The molecule has 98 valence electrons. The van der Waals surface area contributed by atoms with Crippen molar-refractivity contribution in [3.8, 4) is 6.07 Å². The minimum absolute atomic E-state index is 0.651. The summed E-state index contributed by atoms with van der Waals surface area (Å²) in [6.07, 6.45) is 8.21. The molecule has 1 aliphatic rings. The van der Waals surface area contributed by atoms with Gasteiger partial charge in [-0.2, -0.15) is 5.26 Å². The Bertz CT molecular complexity index is 399. The SMILES string of the molecule is CCC(NCc1ccc(C#N)s1)C1CCCCC1. The van der Waals surface area contributed by atoms with Gasteiger partial charge in [0.05, 0.1) is 0 Å². The number of rotatable bonds is 5. The maximum absolute atomic E-state index is 8.82. The molecule has 1 unspecified atom stereocenters. The van der Waals surface area contributed by atoms with Crippen molar-refractivity contribution in [2.45, 2.75) is 58.0 Å². The average Bonchev–Trinajstić information content (AvgIpc) is 2.89. The van der Waals surface area contributed by atoms with Gasteiger partial charge in [0.15, 0.2) is 0 Å². The third-order valence-corrected chi connectivity index (χ3v) is 4.96. The maximum Gasteiger partial charge on any atom is 0.110 e. The van der Waals surface area contributed by atoms with Crippen molar-refractivity contribution in [3.63, 3.8) is 0 Å². The van der Waals surface area contributed by atoms with Crippen LogP contribution in [0, 0.1) is 17.2 Å². The van der Waals surface area contributed by atoms with Gasteiger partial charge in [-0.25, -0.2) is 0 Å². The molecule has 1 fully saturated rings. The van der Waals surface area contributed by atoms with E-state index in [0.717, 1.165) is 17.3 Å². The fourth-order valence-electron chi connectivity index (χ4n) is 2.95. The molecule has 1 atom stereocenters. The van der Waals surface area contributed by atoms with E-state index in [1.165, 1.54) is 43.4 Å². The lowest BCUT2D eigenvalue weighted by molar-refractivity contribution is 0.262. The lowest BCUT2D eigenvalue weighted by Gasteiger charge is -2.30. The lowest BCUT2D eigenvalue weighted by atomic mass is 9.83. The summed E-state index contributed by atoms with van der Waals surface area (Å²) in [6.45, 7) is 3.20. The van der Waals surface area contributed by atoms with Gasteiger partial charge in [0.2, 0.25) is 0 Å². The molecule has 0 amide bonds. The smallest absolute Gasteiger partial charge is 0.110 e. The monoisotopic (exact) mass is 262 g/mol. The number of nitriles is 1. The number of hydrogen-bond acceptors (Lipinski definition) is 3. The highest BCUT2D eigenvalue weighted by molar-refractivity contribution is 7.12. The van der Waals surface area contributed by atoms with Gasteiger partial charge in [0, 0.05) is 17.5 Å². The van der Waals surface area contributed by atoms with Crippen LogP contribution in [0.5, 0.6) is 0 Å². The molecular weight excluding hydrogens is 240 g/mol. The number of hydrogen-bond donors (Lipinski definition) is 1. The van der Waals surface area contributed by atoms with E-state index in [1.54, 1.807) is 11.3 Å². The minimum Gasteiger partial charge on any atom is -0.309 e. The quantitative estimate of drug-likeness (QED) is 0.868. The van der Waals surface area contributed by atoms with Gasteiger partial charge in [-0.1, -0.05) is 26.2 Å². The van der Waals surface area contributed by atoms with Gasteiger partial charge in [-0.15, -0.1) is 11.3 Å². The zero-order valence-corrected chi connectivity index (χ0v) is 11.9. The molecule has 1 N–H and O–H groups in total. The summed E-state index contributed by atoms with van der Waals surface area (Å²) in [5, 5.41) is 12.5. The maximum atomic E-state index is 8.82. The second kappa shape index (κ2) is 6.92. The molecule has 2 nitrogen and oxygen atoms in total. The van der Waals surface area contributed by atoms with Gasteiger partial charge < -0.3 is 5.32 Å². The summed E-state index contributed by atoms with van der Waals surface area (Å²) in [4.78, 5) is 2.10. The summed E-state index contributed by atoms with van der Waals surface area (Å²) in [7, 11) is 0. The lowest BCUT2D eigenvalue weighted by Crippen LogP contribution is -2.36. The molecule has 18 heavy (non-hydrogen) atoms. The highest BCUT2D eigenvalue weighted by Crippen LogP contribution is 2.28. The fraction of sp³-hybridized carbons (Fsp3) is 0.667. The van der Waals surface area contributed by atoms with Crippen molar-refractivity contribution in [2.24, 2.45) is 5.92 Å². The molecule has 1 aromatic rings. The second-order valence-electron chi connectivity index (χ2n) is 5.17. The van der Waals surface area contributed by atoms with Crippen LogP contribution >= 0.6 is 11.3 Å². The van der Waals surface area contributed by atoms with E-state index in [1.807, 2.05) is 6.07 Å². The van der Waals surface area contributed by atoms with Crippen molar-refractivity contribution in [1.82, 2.24) is 5.32 Å². The fourth-order valence-corrected chi connectivity index (χ4v) is 3.70. The Kier molecular flexibility index (Phi) is 5.22. The first-order valence-electron chi connectivity index (χ1n) is 7.05. The van der Waals surface area contributed by atoms with Crippen molar-refractivity contribution in [2.75, 3.05) is 0 Å². The molecule has 1 aromatic heterocycles. The largest absolute Gasteiger partial charge is 0.309 e. The van der Waals surface area contributed by atoms with Gasteiger partial charge in [0.1, 0.15) is 10.9 Å². The Morgan fingerprint density at radius 2 is 2.17 bits per heavy atom. The molecule has 0 bridgehead atoms. The van der Waals surface area contributed by atoms with E-state index in [2.05, 4.69) is 24.4 Å². The molecule has 0 aromatic carbocycles. The van der Waals surface area contributed by atoms with Crippen molar-refractivity contribution >= 4 is 11.3 Å². The molecule has 0 aliphatic heterocycles. The predicted octanol–water partition coefficient (Wildman–Crippen LogP) is 4.07. The first-order chi connectivity index (χ1) is 8.83. The average molecular weight is 262 g/mol. The normalized spacial score (nSPS) is 18.4. The van der Waals surface area contributed by atoms with Crippen LogP contribution in [0.15, 0.2) is 12.1 Å². The predicted molar refractivity (Wildman–Crippen MR) is 76.5 cm³/mol. The van der Waals surface area contributed by atoms with Crippen LogP contribution < -0.4 is 5.32 Å². The summed E-state index contributed by atoms with van der Waals surface area (Å²) >= 11 is 1.61. The number of nitrogens with one attached hydrogen (secondary N) is 1. The van der Waals surface area contributed by atoms with E-state index in [-0.39, 0.29) is 0 Å². The molecule has 2 rings (SSSR count). The van der Waals surface area contributed by atoms with Crippen LogP contribution in [0.1, 0.15) is 55.2 Å².